The van der Waals surface area contributed by atoms with Crippen LogP contribution in [-0.2, 0) is 14.2 Å². The Morgan fingerprint density at radius 3 is 2.22 bits per heavy atom. The van der Waals surface area contributed by atoms with E-state index in [1.54, 1.807) is 12.1 Å². The van der Waals surface area contributed by atoms with E-state index in [9.17, 15) is 4.79 Å². The average molecular weight is 324 g/mol. The Morgan fingerprint density at radius 2 is 1.65 bits per heavy atom. The van der Waals surface area contributed by atoms with E-state index in [2.05, 4.69) is 5.32 Å². The van der Waals surface area contributed by atoms with Gasteiger partial charge in [0.2, 0.25) is 0 Å². The second-order valence-corrected chi connectivity index (χ2v) is 6.02. The Hall–Kier alpha value is -1.63. The first-order chi connectivity index (χ1) is 10.9. The number of hydrogen-bond acceptors (Lipinski definition) is 6. The molecule has 0 aliphatic rings. The third-order valence-corrected chi connectivity index (χ3v) is 2.73. The molecule has 0 bridgehead atoms. The van der Waals surface area contributed by atoms with Crippen LogP contribution in [-0.4, -0.2) is 51.1 Å². The number of hydrogen-bond donors (Lipinski definition) is 2. The van der Waals surface area contributed by atoms with Crippen molar-refractivity contribution in [2.75, 3.05) is 44.8 Å². The summed E-state index contributed by atoms with van der Waals surface area (Å²) in [5.41, 5.74) is 6.29. The van der Waals surface area contributed by atoms with Gasteiger partial charge < -0.3 is 25.3 Å². The SMILES string of the molecule is CC(C)(C)OC(=O)c1ccc(NCCOCCOCCN)cc1. The molecule has 0 aliphatic carbocycles. The molecule has 0 saturated heterocycles. The molecule has 130 valence electrons. The van der Waals surface area contributed by atoms with E-state index in [1.807, 2.05) is 32.9 Å². The first-order valence-corrected chi connectivity index (χ1v) is 7.85. The minimum Gasteiger partial charge on any atom is -0.456 e. The quantitative estimate of drug-likeness (QED) is 0.506. The first kappa shape index (κ1) is 19.4. The number of carbonyl (C=O) groups is 1. The van der Waals surface area contributed by atoms with E-state index in [0.717, 1.165) is 5.69 Å². The summed E-state index contributed by atoms with van der Waals surface area (Å²) in [7, 11) is 0. The topological polar surface area (TPSA) is 82.8 Å². The van der Waals surface area contributed by atoms with Crippen LogP contribution in [0, 0.1) is 0 Å². The lowest BCUT2D eigenvalue weighted by atomic mass is 10.1. The van der Waals surface area contributed by atoms with Crippen molar-refractivity contribution in [2.45, 2.75) is 26.4 Å². The molecule has 1 rings (SSSR count). The van der Waals surface area contributed by atoms with Crippen LogP contribution < -0.4 is 11.1 Å². The number of nitrogens with two attached hydrogens (primary N) is 1. The van der Waals surface area contributed by atoms with E-state index >= 15 is 0 Å². The lowest BCUT2D eigenvalue weighted by molar-refractivity contribution is 0.00696. The third-order valence-electron chi connectivity index (χ3n) is 2.73. The molecular weight excluding hydrogens is 296 g/mol. The highest BCUT2D eigenvalue weighted by Gasteiger charge is 2.17. The van der Waals surface area contributed by atoms with Crippen LogP contribution >= 0.6 is 0 Å². The number of ether oxygens (including phenoxy) is 3. The fraction of sp³-hybridized carbons (Fsp3) is 0.588. The van der Waals surface area contributed by atoms with Crippen LogP contribution in [0.15, 0.2) is 24.3 Å². The van der Waals surface area contributed by atoms with Gasteiger partial charge in [0, 0.05) is 18.8 Å². The first-order valence-electron chi connectivity index (χ1n) is 7.85. The van der Waals surface area contributed by atoms with Crippen molar-refractivity contribution < 1.29 is 19.0 Å². The fourth-order valence-corrected chi connectivity index (χ4v) is 1.73. The number of nitrogens with one attached hydrogen (secondary N) is 1. The highest BCUT2D eigenvalue weighted by Crippen LogP contribution is 2.14. The molecule has 3 N–H and O–H groups in total. The van der Waals surface area contributed by atoms with Gasteiger partial charge in [0.1, 0.15) is 5.60 Å². The van der Waals surface area contributed by atoms with E-state index in [4.69, 9.17) is 19.9 Å². The number of benzene rings is 1. The summed E-state index contributed by atoms with van der Waals surface area (Å²) in [4.78, 5) is 11.9. The number of carbonyl (C=O) groups excluding carboxylic acids is 1. The van der Waals surface area contributed by atoms with Crippen LogP contribution in [0.3, 0.4) is 0 Å². The number of rotatable bonds is 10. The summed E-state index contributed by atoms with van der Waals surface area (Å²) in [6.45, 7) is 9.02. The van der Waals surface area contributed by atoms with Crippen LogP contribution in [0.5, 0.6) is 0 Å². The molecule has 1 aromatic carbocycles. The van der Waals surface area contributed by atoms with Gasteiger partial charge in [-0.2, -0.15) is 0 Å². The minimum atomic E-state index is -0.487. The van der Waals surface area contributed by atoms with Gasteiger partial charge in [-0.15, -0.1) is 0 Å². The molecule has 1 aromatic rings. The van der Waals surface area contributed by atoms with Crippen LogP contribution in [0.1, 0.15) is 31.1 Å². The number of anilines is 1. The Labute approximate surface area is 138 Å². The Bertz CT molecular complexity index is 455. The summed E-state index contributed by atoms with van der Waals surface area (Å²) < 4.78 is 15.9. The summed E-state index contributed by atoms with van der Waals surface area (Å²) in [6.07, 6.45) is 0. The molecule has 0 radical (unpaired) electrons. The van der Waals surface area contributed by atoms with E-state index in [1.165, 1.54) is 0 Å². The van der Waals surface area contributed by atoms with Crippen molar-refractivity contribution in [1.82, 2.24) is 0 Å². The van der Waals surface area contributed by atoms with Crippen molar-refractivity contribution in [1.29, 1.82) is 0 Å². The second-order valence-electron chi connectivity index (χ2n) is 6.02. The van der Waals surface area contributed by atoms with E-state index in [0.29, 0.717) is 45.1 Å². The molecule has 0 saturated carbocycles. The van der Waals surface area contributed by atoms with Crippen LogP contribution in [0.25, 0.3) is 0 Å². The Morgan fingerprint density at radius 1 is 1.04 bits per heavy atom. The normalized spacial score (nSPS) is 11.3. The molecule has 6 nitrogen and oxygen atoms in total. The molecule has 23 heavy (non-hydrogen) atoms. The lowest BCUT2D eigenvalue weighted by Crippen LogP contribution is -2.23. The molecular formula is C17H28N2O4. The zero-order valence-corrected chi connectivity index (χ0v) is 14.3. The van der Waals surface area contributed by atoms with E-state index in [-0.39, 0.29) is 5.97 Å². The average Bonchev–Trinajstić information content (AvgIpc) is 2.49. The summed E-state index contributed by atoms with van der Waals surface area (Å²) >= 11 is 0. The summed E-state index contributed by atoms with van der Waals surface area (Å²) in [6, 6.07) is 7.20. The van der Waals surface area contributed by atoms with Crippen molar-refractivity contribution in [3.63, 3.8) is 0 Å². The molecule has 0 fully saturated rings. The van der Waals surface area contributed by atoms with Crippen LogP contribution in [0.4, 0.5) is 5.69 Å². The second kappa shape index (κ2) is 10.2. The standard InChI is InChI=1S/C17H28N2O4/c1-17(2,3)23-16(20)14-4-6-15(7-5-14)19-9-11-22-13-12-21-10-8-18/h4-7,19H,8-13,18H2,1-3H3. The molecule has 0 aliphatic heterocycles. The monoisotopic (exact) mass is 324 g/mol. The van der Waals surface area contributed by atoms with Gasteiger partial charge in [0.25, 0.3) is 0 Å². The van der Waals surface area contributed by atoms with Gasteiger partial charge >= 0.3 is 5.97 Å². The fourth-order valence-electron chi connectivity index (χ4n) is 1.73. The zero-order valence-electron chi connectivity index (χ0n) is 14.3. The highest BCUT2D eigenvalue weighted by molar-refractivity contribution is 5.90. The van der Waals surface area contributed by atoms with Gasteiger partial charge in [-0.3, -0.25) is 0 Å². The van der Waals surface area contributed by atoms with Gasteiger partial charge in [-0.25, -0.2) is 4.79 Å². The van der Waals surface area contributed by atoms with E-state index < -0.39 is 5.60 Å². The Balaban J connectivity index is 2.23. The maximum absolute atomic E-state index is 11.9. The van der Waals surface area contributed by atoms with Crippen molar-refractivity contribution in [3.8, 4) is 0 Å². The van der Waals surface area contributed by atoms with Crippen molar-refractivity contribution in [2.24, 2.45) is 5.73 Å². The zero-order chi connectivity index (χ0) is 17.1. The van der Waals surface area contributed by atoms with Crippen molar-refractivity contribution in [3.05, 3.63) is 29.8 Å². The molecule has 0 aromatic heterocycles. The van der Waals surface area contributed by atoms with Crippen LogP contribution in [0.2, 0.25) is 0 Å². The van der Waals surface area contributed by atoms with Crippen molar-refractivity contribution >= 4 is 11.7 Å². The highest BCUT2D eigenvalue weighted by atomic mass is 16.6. The van der Waals surface area contributed by atoms with Gasteiger partial charge in [-0.05, 0) is 45.0 Å². The smallest absolute Gasteiger partial charge is 0.338 e. The molecule has 0 amide bonds. The summed E-state index contributed by atoms with van der Waals surface area (Å²) in [5, 5.41) is 3.22. The lowest BCUT2D eigenvalue weighted by Gasteiger charge is -2.19. The van der Waals surface area contributed by atoms with Gasteiger partial charge in [0.15, 0.2) is 0 Å². The van der Waals surface area contributed by atoms with Gasteiger partial charge in [-0.1, -0.05) is 0 Å². The largest absolute Gasteiger partial charge is 0.456 e. The molecule has 0 unspecified atom stereocenters. The maximum Gasteiger partial charge on any atom is 0.338 e. The molecule has 0 atom stereocenters. The molecule has 0 spiro atoms. The molecule has 0 heterocycles. The van der Waals surface area contributed by atoms with Gasteiger partial charge in [0.05, 0.1) is 32.0 Å². The predicted octanol–water partition coefficient (Wildman–Crippen LogP) is 2.05. The minimum absolute atomic E-state index is 0.315. The maximum atomic E-state index is 11.9. The Kier molecular flexibility index (Phi) is 8.61. The number of esters is 1. The summed E-state index contributed by atoms with van der Waals surface area (Å²) in [5.74, 6) is -0.315. The third kappa shape index (κ3) is 9.18. The molecule has 6 heteroatoms. The predicted molar refractivity (Wildman–Crippen MR) is 90.8 cm³/mol.